The van der Waals surface area contributed by atoms with E-state index in [1.807, 2.05) is 12.1 Å². The molecule has 0 atom stereocenters. The Bertz CT molecular complexity index is 614. The number of fused-ring (bicyclic) bond motifs is 1. The molecule has 0 saturated heterocycles. The molecule has 96 valence electrons. The van der Waals surface area contributed by atoms with Gasteiger partial charge in [-0.25, -0.2) is 4.79 Å². The molecule has 0 unspecified atom stereocenters. The van der Waals surface area contributed by atoms with Gasteiger partial charge in [0.05, 0.1) is 12.1 Å². The maximum Gasteiger partial charge on any atom is 0.417 e. The third-order valence-corrected chi connectivity index (χ3v) is 2.82. The Hall–Kier alpha value is -2.08. The van der Waals surface area contributed by atoms with Crippen LogP contribution in [0.1, 0.15) is 5.56 Å². The van der Waals surface area contributed by atoms with Crippen LogP contribution in [0.3, 0.4) is 0 Å². The highest BCUT2D eigenvalue weighted by molar-refractivity contribution is 5.77. The number of hydrogen-bond acceptors (Lipinski definition) is 4. The van der Waals surface area contributed by atoms with E-state index in [0.29, 0.717) is 24.1 Å². The Labute approximate surface area is 103 Å². The Morgan fingerprint density at radius 3 is 3.00 bits per heavy atom. The standard InChI is InChI=1S/C12H15N3O3/c1-15(11(16)7-13)5-4-8-2-3-10-9(6-8)14-12(17)18-10/h2-3,6H,4-5,7,13H2,1H3,(H,14,17). The smallest absolute Gasteiger partial charge is 0.408 e. The lowest BCUT2D eigenvalue weighted by atomic mass is 10.1. The average Bonchev–Trinajstić information content (AvgIpc) is 2.74. The van der Waals surface area contributed by atoms with Crippen LogP contribution >= 0.6 is 0 Å². The lowest BCUT2D eigenvalue weighted by Crippen LogP contribution is -2.34. The number of carbonyl (C=O) groups is 1. The number of nitrogens with two attached hydrogens (primary N) is 1. The number of oxazole rings is 1. The zero-order valence-corrected chi connectivity index (χ0v) is 10.1. The van der Waals surface area contributed by atoms with Crippen LogP contribution in [0.15, 0.2) is 27.4 Å². The second-order valence-electron chi connectivity index (χ2n) is 4.11. The van der Waals surface area contributed by atoms with Crippen LogP contribution in [0.5, 0.6) is 0 Å². The molecular formula is C12H15N3O3. The fourth-order valence-electron chi connectivity index (χ4n) is 1.73. The summed E-state index contributed by atoms with van der Waals surface area (Å²) in [4.78, 5) is 26.5. The lowest BCUT2D eigenvalue weighted by molar-refractivity contribution is -0.128. The van der Waals surface area contributed by atoms with Crippen LogP contribution < -0.4 is 11.5 Å². The summed E-state index contributed by atoms with van der Waals surface area (Å²) in [6.07, 6.45) is 0.700. The van der Waals surface area contributed by atoms with Gasteiger partial charge in [-0.3, -0.25) is 9.78 Å². The fourth-order valence-corrected chi connectivity index (χ4v) is 1.73. The van der Waals surface area contributed by atoms with E-state index in [4.69, 9.17) is 10.2 Å². The number of benzene rings is 1. The zero-order chi connectivity index (χ0) is 13.1. The van der Waals surface area contributed by atoms with E-state index in [-0.39, 0.29) is 12.5 Å². The number of carbonyl (C=O) groups excluding carboxylic acids is 1. The molecule has 0 radical (unpaired) electrons. The van der Waals surface area contributed by atoms with Crippen LogP contribution in [0.2, 0.25) is 0 Å². The zero-order valence-electron chi connectivity index (χ0n) is 10.1. The molecule has 1 amide bonds. The van der Waals surface area contributed by atoms with E-state index in [2.05, 4.69) is 4.98 Å². The Kier molecular flexibility index (Phi) is 3.47. The molecule has 0 bridgehead atoms. The minimum absolute atomic E-state index is 0.0184. The fraction of sp³-hybridized carbons (Fsp3) is 0.333. The summed E-state index contributed by atoms with van der Waals surface area (Å²) in [5.74, 6) is -0.551. The van der Waals surface area contributed by atoms with Gasteiger partial charge in [-0.15, -0.1) is 0 Å². The molecule has 18 heavy (non-hydrogen) atoms. The van der Waals surface area contributed by atoms with E-state index < -0.39 is 5.76 Å². The molecule has 1 aromatic heterocycles. The van der Waals surface area contributed by atoms with Gasteiger partial charge in [0.25, 0.3) is 0 Å². The summed E-state index contributed by atoms with van der Waals surface area (Å²) in [6.45, 7) is 0.605. The van der Waals surface area contributed by atoms with Crippen molar-refractivity contribution in [1.82, 2.24) is 9.88 Å². The monoisotopic (exact) mass is 249 g/mol. The highest BCUT2D eigenvalue weighted by atomic mass is 16.4. The number of nitrogens with zero attached hydrogens (tertiary/aromatic N) is 1. The normalized spacial score (nSPS) is 10.8. The van der Waals surface area contributed by atoms with E-state index in [9.17, 15) is 9.59 Å². The van der Waals surface area contributed by atoms with Crippen molar-refractivity contribution in [2.45, 2.75) is 6.42 Å². The quantitative estimate of drug-likeness (QED) is 0.802. The largest absolute Gasteiger partial charge is 0.417 e. The Morgan fingerprint density at radius 2 is 2.28 bits per heavy atom. The highest BCUT2D eigenvalue weighted by Crippen LogP contribution is 2.12. The molecule has 2 rings (SSSR count). The molecule has 1 aromatic carbocycles. The van der Waals surface area contributed by atoms with Crippen molar-refractivity contribution in [3.8, 4) is 0 Å². The van der Waals surface area contributed by atoms with Crippen molar-refractivity contribution >= 4 is 17.0 Å². The van der Waals surface area contributed by atoms with Crippen molar-refractivity contribution in [1.29, 1.82) is 0 Å². The van der Waals surface area contributed by atoms with Gasteiger partial charge in [-0.2, -0.15) is 0 Å². The predicted octanol–water partition coefficient (Wildman–Crippen LogP) is 0.0807. The number of hydrogen-bond donors (Lipinski definition) is 2. The number of likely N-dealkylation sites (N-methyl/N-ethyl adjacent to an activating group) is 1. The van der Waals surface area contributed by atoms with Crippen LogP contribution in [0.25, 0.3) is 11.1 Å². The summed E-state index contributed by atoms with van der Waals surface area (Å²) in [5.41, 5.74) is 7.51. The van der Waals surface area contributed by atoms with Crippen molar-refractivity contribution in [2.75, 3.05) is 20.1 Å². The van der Waals surface area contributed by atoms with Gasteiger partial charge in [0.1, 0.15) is 0 Å². The highest BCUT2D eigenvalue weighted by Gasteiger charge is 2.07. The van der Waals surface area contributed by atoms with Crippen LogP contribution in [-0.2, 0) is 11.2 Å². The molecule has 0 aliphatic carbocycles. The van der Waals surface area contributed by atoms with Gasteiger partial charge in [0, 0.05) is 13.6 Å². The van der Waals surface area contributed by atoms with Gasteiger partial charge in [-0.1, -0.05) is 6.07 Å². The van der Waals surface area contributed by atoms with E-state index in [0.717, 1.165) is 5.56 Å². The summed E-state index contributed by atoms with van der Waals surface area (Å²) >= 11 is 0. The lowest BCUT2D eigenvalue weighted by Gasteiger charge is -2.15. The van der Waals surface area contributed by atoms with Crippen LogP contribution in [0, 0.1) is 0 Å². The van der Waals surface area contributed by atoms with Gasteiger partial charge in [-0.05, 0) is 24.1 Å². The van der Waals surface area contributed by atoms with Gasteiger partial charge in [0.2, 0.25) is 5.91 Å². The summed E-state index contributed by atoms with van der Waals surface area (Å²) in [6, 6.07) is 5.47. The number of rotatable bonds is 4. The first kappa shape index (κ1) is 12.4. The minimum atomic E-state index is -0.461. The molecule has 0 fully saturated rings. The molecule has 0 spiro atoms. The first-order valence-electron chi connectivity index (χ1n) is 5.66. The first-order chi connectivity index (χ1) is 8.60. The third kappa shape index (κ3) is 2.60. The SMILES string of the molecule is CN(CCc1ccc2oc(=O)[nH]c2c1)C(=O)CN. The van der Waals surface area contributed by atoms with Crippen molar-refractivity contribution in [3.05, 3.63) is 34.3 Å². The number of amides is 1. The van der Waals surface area contributed by atoms with E-state index in [1.54, 1.807) is 18.0 Å². The van der Waals surface area contributed by atoms with Gasteiger partial charge in [0.15, 0.2) is 5.58 Å². The van der Waals surface area contributed by atoms with Gasteiger partial charge >= 0.3 is 5.76 Å². The molecule has 0 aliphatic rings. The molecule has 0 saturated carbocycles. The minimum Gasteiger partial charge on any atom is -0.408 e. The molecule has 6 nitrogen and oxygen atoms in total. The van der Waals surface area contributed by atoms with Crippen LogP contribution in [-0.4, -0.2) is 35.9 Å². The number of H-pyrrole nitrogens is 1. The van der Waals surface area contributed by atoms with E-state index >= 15 is 0 Å². The van der Waals surface area contributed by atoms with Gasteiger partial charge < -0.3 is 15.1 Å². The summed E-state index contributed by atoms with van der Waals surface area (Å²) < 4.78 is 4.91. The van der Waals surface area contributed by atoms with Crippen molar-refractivity contribution in [3.63, 3.8) is 0 Å². The average molecular weight is 249 g/mol. The third-order valence-electron chi connectivity index (χ3n) is 2.82. The predicted molar refractivity (Wildman–Crippen MR) is 67.2 cm³/mol. The Balaban J connectivity index is 2.08. The van der Waals surface area contributed by atoms with Crippen molar-refractivity contribution in [2.24, 2.45) is 5.73 Å². The maximum atomic E-state index is 11.3. The molecule has 1 heterocycles. The molecule has 2 aromatic rings. The molecular weight excluding hydrogens is 234 g/mol. The second kappa shape index (κ2) is 5.05. The number of nitrogens with one attached hydrogen (secondary N) is 1. The first-order valence-corrected chi connectivity index (χ1v) is 5.66. The summed E-state index contributed by atoms with van der Waals surface area (Å²) in [7, 11) is 1.72. The molecule has 6 heteroatoms. The van der Waals surface area contributed by atoms with Crippen molar-refractivity contribution < 1.29 is 9.21 Å². The second-order valence-corrected chi connectivity index (χ2v) is 4.11. The Morgan fingerprint density at radius 1 is 1.50 bits per heavy atom. The maximum absolute atomic E-state index is 11.3. The van der Waals surface area contributed by atoms with Crippen LogP contribution in [0.4, 0.5) is 0 Å². The molecule has 3 N–H and O–H groups in total. The van der Waals surface area contributed by atoms with E-state index in [1.165, 1.54) is 0 Å². The number of aromatic amines is 1. The topological polar surface area (TPSA) is 92.3 Å². The molecule has 0 aliphatic heterocycles. The number of aromatic nitrogens is 1. The summed E-state index contributed by atoms with van der Waals surface area (Å²) in [5, 5.41) is 0.